The number of benzene rings is 1. The number of anilines is 1. The Balaban J connectivity index is 1.75. The number of nitrogens with two attached hydrogens (primary N) is 1. The van der Waals surface area contributed by atoms with Gasteiger partial charge in [-0.15, -0.1) is 0 Å². The molecule has 110 valence electrons. The van der Waals surface area contributed by atoms with Crippen molar-refractivity contribution in [1.29, 1.82) is 0 Å². The molecule has 1 amide bonds. The number of nitrogens with zero attached hydrogens (tertiary/aromatic N) is 3. The van der Waals surface area contributed by atoms with E-state index in [1.165, 1.54) is 6.42 Å². The molecule has 2 unspecified atom stereocenters. The van der Waals surface area contributed by atoms with Crippen LogP contribution in [0.15, 0.2) is 36.5 Å². The van der Waals surface area contributed by atoms with Gasteiger partial charge in [0.2, 0.25) is 0 Å². The number of carbonyl (C=O) groups excluding carboxylic acids is 1. The highest BCUT2D eigenvalue weighted by Crippen LogP contribution is 2.38. The van der Waals surface area contributed by atoms with E-state index in [1.807, 2.05) is 31.3 Å². The minimum Gasteiger partial charge on any atom is -0.397 e. The molecule has 1 saturated carbocycles. The van der Waals surface area contributed by atoms with Gasteiger partial charge in [-0.05, 0) is 36.5 Å². The predicted octanol–water partition coefficient (Wildman–Crippen LogP) is 2.18. The molecule has 0 saturated heterocycles. The third-order valence-corrected chi connectivity index (χ3v) is 4.12. The van der Waals surface area contributed by atoms with Crippen LogP contribution in [0.4, 0.5) is 5.69 Å². The summed E-state index contributed by atoms with van der Waals surface area (Å²) in [6.45, 7) is 3.02. The van der Waals surface area contributed by atoms with E-state index in [0.29, 0.717) is 17.3 Å². The first-order valence-electron chi connectivity index (χ1n) is 7.22. The topological polar surface area (TPSA) is 64.2 Å². The zero-order valence-corrected chi connectivity index (χ0v) is 12.4. The van der Waals surface area contributed by atoms with Crippen molar-refractivity contribution in [2.45, 2.75) is 13.3 Å². The molecule has 1 fully saturated rings. The Labute approximate surface area is 124 Å². The standard InChI is InChI=1S/C16H20N4O/c1-11-9-12(11)10-19(2)16(21)14-7-8-20(18-14)15-6-4-3-5-13(15)17/h3-8,11-12H,9-10,17H2,1-2H3. The SMILES string of the molecule is CC1CC1CN(C)C(=O)c1ccn(-c2ccccc2N)n1. The minimum atomic E-state index is -0.0395. The second kappa shape index (κ2) is 5.24. The van der Waals surface area contributed by atoms with E-state index >= 15 is 0 Å². The van der Waals surface area contributed by atoms with Crippen molar-refractivity contribution in [3.05, 3.63) is 42.2 Å². The first-order chi connectivity index (χ1) is 10.1. The fourth-order valence-corrected chi connectivity index (χ4v) is 2.55. The summed E-state index contributed by atoms with van der Waals surface area (Å²) >= 11 is 0. The van der Waals surface area contributed by atoms with Gasteiger partial charge in [-0.3, -0.25) is 4.79 Å². The lowest BCUT2D eigenvalue weighted by molar-refractivity contribution is 0.0781. The van der Waals surface area contributed by atoms with Gasteiger partial charge in [0.05, 0.1) is 11.4 Å². The smallest absolute Gasteiger partial charge is 0.274 e. The molecular formula is C16H20N4O. The number of aromatic nitrogens is 2. The van der Waals surface area contributed by atoms with Crippen LogP contribution in [0, 0.1) is 11.8 Å². The molecule has 2 N–H and O–H groups in total. The largest absolute Gasteiger partial charge is 0.397 e. The van der Waals surface area contributed by atoms with Crippen molar-refractivity contribution in [2.24, 2.45) is 11.8 Å². The maximum atomic E-state index is 12.4. The van der Waals surface area contributed by atoms with Crippen molar-refractivity contribution in [2.75, 3.05) is 19.3 Å². The molecule has 0 spiro atoms. The molecule has 1 aromatic carbocycles. The molecule has 1 aromatic heterocycles. The van der Waals surface area contributed by atoms with Crippen LogP contribution in [0.2, 0.25) is 0 Å². The highest BCUT2D eigenvalue weighted by Gasteiger charge is 2.34. The summed E-state index contributed by atoms with van der Waals surface area (Å²) < 4.78 is 1.65. The Hall–Kier alpha value is -2.30. The van der Waals surface area contributed by atoms with Crippen LogP contribution in [0.5, 0.6) is 0 Å². The number of nitrogen functional groups attached to an aromatic ring is 1. The molecule has 3 rings (SSSR count). The Kier molecular flexibility index (Phi) is 3.41. The van der Waals surface area contributed by atoms with Gasteiger partial charge < -0.3 is 10.6 Å². The van der Waals surface area contributed by atoms with Crippen LogP contribution in [0.25, 0.3) is 5.69 Å². The second-order valence-corrected chi connectivity index (χ2v) is 5.86. The van der Waals surface area contributed by atoms with Crippen molar-refractivity contribution < 1.29 is 4.79 Å². The van der Waals surface area contributed by atoms with E-state index in [4.69, 9.17) is 5.73 Å². The summed E-state index contributed by atoms with van der Waals surface area (Å²) in [5.74, 6) is 1.34. The first kappa shape index (κ1) is 13.7. The molecule has 1 heterocycles. The lowest BCUT2D eigenvalue weighted by Gasteiger charge is -2.15. The van der Waals surface area contributed by atoms with Crippen LogP contribution in [0.1, 0.15) is 23.8 Å². The Morgan fingerprint density at radius 1 is 1.43 bits per heavy atom. The quantitative estimate of drug-likeness (QED) is 0.875. The average molecular weight is 284 g/mol. The lowest BCUT2D eigenvalue weighted by atomic mass is 10.3. The molecule has 0 radical (unpaired) electrons. The molecule has 0 bridgehead atoms. The summed E-state index contributed by atoms with van der Waals surface area (Å²) in [7, 11) is 1.84. The molecule has 2 atom stereocenters. The minimum absolute atomic E-state index is 0.0395. The van der Waals surface area contributed by atoms with E-state index in [0.717, 1.165) is 18.2 Å². The second-order valence-electron chi connectivity index (χ2n) is 5.86. The van der Waals surface area contributed by atoms with Gasteiger partial charge in [0.1, 0.15) is 0 Å². The molecule has 1 aliphatic carbocycles. The van der Waals surface area contributed by atoms with Gasteiger partial charge in [0.25, 0.3) is 5.91 Å². The third kappa shape index (κ3) is 2.77. The summed E-state index contributed by atoms with van der Waals surface area (Å²) in [6.07, 6.45) is 2.99. The van der Waals surface area contributed by atoms with Crippen LogP contribution < -0.4 is 5.73 Å². The average Bonchev–Trinajstić information content (AvgIpc) is 2.97. The van der Waals surface area contributed by atoms with Crippen LogP contribution in [-0.4, -0.2) is 34.2 Å². The van der Waals surface area contributed by atoms with Crippen LogP contribution in [-0.2, 0) is 0 Å². The van der Waals surface area contributed by atoms with Crippen molar-refractivity contribution >= 4 is 11.6 Å². The van der Waals surface area contributed by atoms with Gasteiger partial charge in [0, 0.05) is 19.8 Å². The first-order valence-corrected chi connectivity index (χ1v) is 7.22. The van der Waals surface area contributed by atoms with Gasteiger partial charge in [-0.25, -0.2) is 4.68 Å². The Bertz CT molecular complexity index is 664. The lowest BCUT2D eigenvalue weighted by Crippen LogP contribution is -2.29. The highest BCUT2D eigenvalue weighted by atomic mass is 16.2. The number of carbonyl (C=O) groups is 1. The molecule has 0 aliphatic heterocycles. The fourth-order valence-electron chi connectivity index (χ4n) is 2.55. The molecule has 2 aromatic rings. The van der Waals surface area contributed by atoms with Crippen LogP contribution in [0.3, 0.4) is 0 Å². The van der Waals surface area contributed by atoms with Crippen molar-refractivity contribution in [3.8, 4) is 5.69 Å². The van der Waals surface area contributed by atoms with E-state index < -0.39 is 0 Å². The van der Waals surface area contributed by atoms with Gasteiger partial charge in [-0.1, -0.05) is 19.1 Å². The number of amides is 1. The number of para-hydroxylation sites is 2. The zero-order chi connectivity index (χ0) is 15.0. The van der Waals surface area contributed by atoms with E-state index in [2.05, 4.69) is 12.0 Å². The molecule has 1 aliphatic rings. The normalized spacial score (nSPS) is 20.3. The maximum Gasteiger partial charge on any atom is 0.274 e. The van der Waals surface area contributed by atoms with Gasteiger partial charge in [-0.2, -0.15) is 5.10 Å². The summed E-state index contributed by atoms with van der Waals surface area (Å²) in [4.78, 5) is 14.1. The molecule has 5 heteroatoms. The van der Waals surface area contributed by atoms with Gasteiger partial charge in [0.15, 0.2) is 5.69 Å². The van der Waals surface area contributed by atoms with E-state index in [9.17, 15) is 4.79 Å². The predicted molar refractivity (Wildman–Crippen MR) is 82.2 cm³/mol. The Morgan fingerprint density at radius 2 is 2.14 bits per heavy atom. The number of hydrogen-bond donors (Lipinski definition) is 1. The monoisotopic (exact) mass is 284 g/mol. The molecule has 5 nitrogen and oxygen atoms in total. The van der Waals surface area contributed by atoms with Gasteiger partial charge >= 0.3 is 0 Å². The summed E-state index contributed by atoms with van der Waals surface area (Å²) in [6, 6.07) is 9.21. The van der Waals surface area contributed by atoms with Crippen LogP contribution >= 0.6 is 0 Å². The Morgan fingerprint density at radius 3 is 2.81 bits per heavy atom. The molecular weight excluding hydrogens is 264 g/mol. The number of rotatable bonds is 4. The summed E-state index contributed by atoms with van der Waals surface area (Å²) in [5.41, 5.74) is 7.81. The molecule has 21 heavy (non-hydrogen) atoms. The zero-order valence-electron chi connectivity index (χ0n) is 12.4. The van der Waals surface area contributed by atoms with E-state index in [-0.39, 0.29) is 5.91 Å². The van der Waals surface area contributed by atoms with Crippen molar-refractivity contribution in [1.82, 2.24) is 14.7 Å². The number of hydrogen-bond acceptors (Lipinski definition) is 3. The van der Waals surface area contributed by atoms with Crippen molar-refractivity contribution in [3.63, 3.8) is 0 Å². The highest BCUT2D eigenvalue weighted by molar-refractivity contribution is 5.92. The third-order valence-electron chi connectivity index (χ3n) is 4.12. The maximum absolute atomic E-state index is 12.4. The fraction of sp³-hybridized carbons (Fsp3) is 0.375. The van der Waals surface area contributed by atoms with E-state index in [1.54, 1.807) is 21.8 Å². The summed E-state index contributed by atoms with van der Waals surface area (Å²) in [5, 5.41) is 4.35.